The van der Waals surface area contributed by atoms with Gasteiger partial charge in [0, 0.05) is 4.47 Å². The summed E-state index contributed by atoms with van der Waals surface area (Å²) < 4.78 is 1.30. The van der Waals surface area contributed by atoms with E-state index in [0.29, 0.717) is 10.0 Å². The second-order valence-corrected chi connectivity index (χ2v) is 5.49. The summed E-state index contributed by atoms with van der Waals surface area (Å²) in [7, 11) is 0. The molecule has 0 fully saturated rings. The Labute approximate surface area is 122 Å². The lowest BCUT2D eigenvalue weighted by atomic mass is 10.1. The van der Waals surface area contributed by atoms with Crippen LogP contribution in [0, 0.1) is 0 Å². The summed E-state index contributed by atoms with van der Waals surface area (Å²) in [6.07, 6.45) is 11.0. The number of aromatic hydroxyl groups is 1. The standard InChI is InChI=1S/C14H10Br2O2/c15-10-7-11(14(18)12(16)8-10)13(17)6-5-9-3-1-2-4-9/h1-8,17-18H. The van der Waals surface area contributed by atoms with Crippen LogP contribution in [-0.4, -0.2) is 10.2 Å². The summed E-state index contributed by atoms with van der Waals surface area (Å²) >= 11 is 6.54. The molecule has 1 aromatic carbocycles. The zero-order valence-corrected chi connectivity index (χ0v) is 12.4. The predicted molar refractivity (Wildman–Crippen MR) is 80.5 cm³/mol. The predicted octanol–water partition coefficient (Wildman–Crippen LogP) is 4.87. The van der Waals surface area contributed by atoms with Crippen LogP contribution in [0.2, 0.25) is 0 Å². The van der Waals surface area contributed by atoms with Crippen molar-refractivity contribution in [1.29, 1.82) is 0 Å². The first-order valence-electron chi connectivity index (χ1n) is 5.22. The first-order valence-corrected chi connectivity index (χ1v) is 6.80. The fourth-order valence-corrected chi connectivity index (χ4v) is 2.75. The summed E-state index contributed by atoms with van der Waals surface area (Å²) in [5.41, 5.74) is 1.37. The molecule has 2 N–H and O–H groups in total. The molecular formula is C14H10Br2O2. The zero-order chi connectivity index (χ0) is 13.1. The quantitative estimate of drug-likeness (QED) is 0.730. The van der Waals surface area contributed by atoms with Gasteiger partial charge in [-0.15, -0.1) is 0 Å². The molecule has 0 aromatic heterocycles. The molecule has 0 saturated carbocycles. The summed E-state index contributed by atoms with van der Waals surface area (Å²) in [6, 6.07) is 3.37. The molecule has 2 nitrogen and oxygen atoms in total. The highest BCUT2D eigenvalue weighted by Crippen LogP contribution is 2.34. The van der Waals surface area contributed by atoms with Crippen LogP contribution >= 0.6 is 31.9 Å². The SMILES string of the molecule is OC(=CC=C1C=CC=C1)c1cc(Br)cc(Br)c1O. The Bertz CT molecular complexity index is 582. The van der Waals surface area contributed by atoms with E-state index < -0.39 is 0 Å². The van der Waals surface area contributed by atoms with Gasteiger partial charge in [0.2, 0.25) is 0 Å². The van der Waals surface area contributed by atoms with Crippen molar-refractivity contribution in [2.24, 2.45) is 0 Å². The van der Waals surface area contributed by atoms with Crippen molar-refractivity contribution >= 4 is 37.6 Å². The molecule has 92 valence electrons. The molecule has 1 aliphatic carbocycles. The van der Waals surface area contributed by atoms with Gasteiger partial charge in [-0.1, -0.05) is 46.3 Å². The minimum absolute atomic E-state index is 0.00991. The van der Waals surface area contributed by atoms with Crippen molar-refractivity contribution in [1.82, 2.24) is 0 Å². The average Bonchev–Trinajstić information content (AvgIpc) is 2.83. The molecule has 0 bridgehead atoms. The fourth-order valence-electron chi connectivity index (χ4n) is 1.53. The fraction of sp³-hybridized carbons (Fsp3) is 0. The van der Waals surface area contributed by atoms with Gasteiger partial charge in [0.1, 0.15) is 11.5 Å². The average molecular weight is 370 g/mol. The molecule has 0 unspecified atom stereocenters. The lowest BCUT2D eigenvalue weighted by Crippen LogP contribution is -1.85. The Hall–Kier alpha value is -1.26. The smallest absolute Gasteiger partial charge is 0.140 e. The van der Waals surface area contributed by atoms with Gasteiger partial charge in [-0.25, -0.2) is 0 Å². The van der Waals surface area contributed by atoms with Gasteiger partial charge in [0.25, 0.3) is 0 Å². The van der Waals surface area contributed by atoms with Gasteiger partial charge >= 0.3 is 0 Å². The van der Waals surface area contributed by atoms with E-state index in [0.717, 1.165) is 10.0 Å². The second-order valence-electron chi connectivity index (χ2n) is 3.72. The third-order valence-corrected chi connectivity index (χ3v) is 3.49. The van der Waals surface area contributed by atoms with Crippen molar-refractivity contribution in [3.05, 3.63) is 68.7 Å². The van der Waals surface area contributed by atoms with Crippen molar-refractivity contribution in [2.75, 3.05) is 0 Å². The third-order valence-electron chi connectivity index (χ3n) is 2.43. The van der Waals surface area contributed by atoms with Gasteiger partial charge in [-0.05, 0) is 39.7 Å². The van der Waals surface area contributed by atoms with Crippen LogP contribution < -0.4 is 0 Å². The molecule has 0 saturated heterocycles. The Morgan fingerprint density at radius 1 is 1.11 bits per heavy atom. The second kappa shape index (κ2) is 5.59. The van der Waals surface area contributed by atoms with Crippen molar-refractivity contribution in [3.63, 3.8) is 0 Å². The van der Waals surface area contributed by atoms with Crippen LogP contribution in [0.4, 0.5) is 0 Å². The number of allylic oxidation sites excluding steroid dienone is 7. The summed E-state index contributed by atoms with van der Waals surface area (Å²) in [5, 5.41) is 19.8. The van der Waals surface area contributed by atoms with Crippen LogP contribution in [0.25, 0.3) is 5.76 Å². The Balaban J connectivity index is 2.36. The highest BCUT2D eigenvalue weighted by Gasteiger charge is 2.10. The maximum atomic E-state index is 9.98. The number of hydrogen-bond acceptors (Lipinski definition) is 2. The number of benzene rings is 1. The highest BCUT2D eigenvalue weighted by molar-refractivity contribution is 9.11. The van der Waals surface area contributed by atoms with E-state index >= 15 is 0 Å². The van der Waals surface area contributed by atoms with Crippen LogP contribution in [-0.2, 0) is 0 Å². The normalized spacial score (nSPS) is 14.3. The lowest BCUT2D eigenvalue weighted by molar-refractivity contribution is 0.457. The molecule has 0 amide bonds. The molecule has 0 radical (unpaired) electrons. The summed E-state index contributed by atoms with van der Waals surface area (Å²) in [4.78, 5) is 0. The Kier molecular flexibility index (Phi) is 4.09. The lowest BCUT2D eigenvalue weighted by Gasteiger charge is -2.06. The Morgan fingerprint density at radius 3 is 2.44 bits per heavy atom. The van der Waals surface area contributed by atoms with Crippen LogP contribution in [0.5, 0.6) is 5.75 Å². The largest absolute Gasteiger partial charge is 0.507 e. The van der Waals surface area contributed by atoms with E-state index in [1.54, 1.807) is 24.3 Å². The highest BCUT2D eigenvalue weighted by atomic mass is 79.9. The molecule has 4 heteroatoms. The molecule has 1 aliphatic rings. The maximum Gasteiger partial charge on any atom is 0.140 e. The van der Waals surface area contributed by atoms with E-state index in [4.69, 9.17) is 0 Å². The van der Waals surface area contributed by atoms with E-state index in [2.05, 4.69) is 31.9 Å². The summed E-state index contributed by atoms with van der Waals surface area (Å²) in [6.45, 7) is 0. The summed E-state index contributed by atoms with van der Waals surface area (Å²) in [5.74, 6) is 0.0264. The number of aliphatic hydroxyl groups is 1. The molecule has 0 aliphatic heterocycles. The molecule has 0 atom stereocenters. The number of rotatable bonds is 2. The van der Waals surface area contributed by atoms with E-state index in [1.807, 2.05) is 24.3 Å². The van der Waals surface area contributed by atoms with Crippen molar-refractivity contribution in [2.45, 2.75) is 0 Å². The van der Waals surface area contributed by atoms with E-state index in [1.165, 1.54) is 0 Å². The topological polar surface area (TPSA) is 40.5 Å². The molecule has 18 heavy (non-hydrogen) atoms. The number of halogens is 2. The van der Waals surface area contributed by atoms with Gasteiger partial charge in [0.05, 0.1) is 10.0 Å². The van der Waals surface area contributed by atoms with E-state index in [-0.39, 0.29) is 11.5 Å². The monoisotopic (exact) mass is 368 g/mol. The minimum atomic E-state index is 0.00991. The molecule has 1 aromatic rings. The number of phenols is 1. The molecule has 2 rings (SSSR count). The van der Waals surface area contributed by atoms with Crippen LogP contribution in [0.15, 0.2) is 63.1 Å². The van der Waals surface area contributed by atoms with Gasteiger partial charge in [0.15, 0.2) is 0 Å². The first kappa shape index (κ1) is 13.2. The molecular weight excluding hydrogens is 360 g/mol. The van der Waals surface area contributed by atoms with Crippen LogP contribution in [0.1, 0.15) is 5.56 Å². The van der Waals surface area contributed by atoms with Crippen LogP contribution in [0.3, 0.4) is 0 Å². The van der Waals surface area contributed by atoms with Crippen molar-refractivity contribution < 1.29 is 10.2 Å². The van der Waals surface area contributed by atoms with E-state index in [9.17, 15) is 10.2 Å². The zero-order valence-electron chi connectivity index (χ0n) is 9.27. The maximum absolute atomic E-state index is 9.98. The van der Waals surface area contributed by atoms with Crippen molar-refractivity contribution in [3.8, 4) is 5.75 Å². The number of aliphatic hydroxyl groups excluding tert-OH is 1. The molecule has 0 spiro atoms. The van der Waals surface area contributed by atoms with Gasteiger partial charge in [-0.3, -0.25) is 0 Å². The third kappa shape index (κ3) is 2.94. The number of hydrogen-bond donors (Lipinski definition) is 2. The van der Waals surface area contributed by atoms with Gasteiger partial charge in [-0.2, -0.15) is 0 Å². The Morgan fingerprint density at radius 2 is 1.78 bits per heavy atom. The first-order chi connectivity index (χ1) is 8.58. The van der Waals surface area contributed by atoms with Gasteiger partial charge < -0.3 is 10.2 Å². The molecule has 0 heterocycles. The number of phenolic OH excluding ortho intramolecular Hbond substituents is 1. The minimum Gasteiger partial charge on any atom is -0.507 e.